The van der Waals surface area contributed by atoms with Crippen LogP contribution in [0.5, 0.6) is 5.75 Å². The summed E-state index contributed by atoms with van der Waals surface area (Å²) in [5.74, 6) is 0.498. The number of benzene rings is 3. The number of thiocarbonyl (C=S) groups is 1. The van der Waals surface area contributed by atoms with E-state index >= 15 is 0 Å². The van der Waals surface area contributed by atoms with Crippen LogP contribution in [0.15, 0.2) is 76.1 Å². The van der Waals surface area contributed by atoms with Crippen LogP contribution >= 0.6 is 51.5 Å². The Morgan fingerprint density at radius 1 is 1.12 bits per heavy atom. The molecule has 168 valence electrons. The molecule has 1 fully saturated rings. The first-order valence-electron chi connectivity index (χ1n) is 10.0. The van der Waals surface area contributed by atoms with Gasteiger partial charge in [0.1, 0.15) is 12.4 Å². The first kappa shape index (κ1) is 23.8. The summed E-state index contributed by atoms with van der Waals surface area (Å²) in [6.45, 7) is 0.321. The zero-order chi connectivity index (χ0) is 23.5. The van der Waals surface area contributed by atoms with Crippen LogP contribution in [0, 0.1) is 0 Å². The molecule has 0 aliphatic carbocycles. The number of anilines is 2. The maximum absolute atomic E-state index is 13.2. The Morgan fingerprint density at radius 3 is 2.55 bits per heavy atom. The topological polar surface area (TPSA) is 32.8 Å². The van der Waals surface area contributed by atoms with Crippen molar-refractivity contribution in [1.29, 1.82) is 0 Å². The van der Waals surface area contributed by atoms with Gasteiger partial charge in [-0.25, -0.2) is 0 Å². The number of hydrogen-bond acceptors (Lipinski definition) is 5. The SMILES string of the molecule is CN(C)c1ccc(N2C(=O)/C(=C\c3cc(Br)ccc3OCc3ccccc3Cl)SC2=S)cc1. The van der Waals surface area contributed by atoms with Gasteiger partial charge in [0.15, 0.2) is 4.32 Å². The second-order valence-electron chi connectivity index (χ2n) is 7.49. The smallest absolute Gasteiger partial charge is 0.270 e. The summed E-state index contributed by atoms with van der Waals surface area (Å²) in [6.07, 6.45) is 1.82. The summed E-state index contributed by atoms with van der Waals surface area (Å²) in [4.78, 5) is 17.3. The Balaban J connectivity index is 1.59. The molecule has 8 heteroatoms. The third-order valence-electron chi connectivity index (χ3n) is 5.02. The van der Waals surface area contributed by atoms with Crippen molar-refractivity contribution in [2.24, 2.45) is 0 Å². The maximum atomic E-state index is 13.2. The lowest BCUT2D eigenvalue weighted by Gasteiger charge is -2.17. The van der Waals surface area contributed by atoms with E-state index in [9.17, 15) is 4.79 Å². The third-order valence-corrected chi connectivity index (χ3v) is 7.18. The molecule has 0 unspecified atom stereocenters. The van der Waals surface area contributed by atoms with Crippen LogP contribution in [0.25, 0.3) is 6.08 Å². The molecule has 0 N–H and O–H groups in total. The Kier molecular flexibility index (Phi) is 7.44. The van der Waals surface area contributed by atoms with E-state index in [4.69, 9.17) is 28.6 Å². The van der Waals surface area contributed by atoms with E-state index in [0.717, 1.165) is 27.0 Å². The molecule has 3 aromatic rings. The lowest BCUT2D eigenvalue weighted by molar-refractivity contribution is -0.113. The van der Waals surface area contributed by atoms with Crippen molar-refractivity contribution in [1.82, 2.24) is 0 Å². The fraction of sp³-hybridized carbons (Fsp3) is 0.120. The van der Waals surface area contributed by atoms with E-state index in [1.54, 1.807) is 4.90 Å². The lowest BCUT2D eigenvalue weighted by Crippen LogP contribution is -2.27. The van der Waals surface area contributed by atoms with Crippen molar-refractivity contribution in [2.75, 3.05) is 23.9 Å². The number of halogens is 2. The molecule has 0 aromatic heterocycles. The molecule has 1 heterocycles. The van der Waals surface area contributed by atoms with E-state index in [1.807, 2.05) is 91.8 Å². The van der Waals surface area contributed by atoms with Gasteiger partial charge in [-0.2, -0.15) is 0 Å². The fourth-order valence-electron chi connectivity index (χ4n) is 3.27. The van der Waals surface area contributed by atoms with Gasteiger partial charge in [0.05, 0.1) is 10.6 Å². The third kappa shape index (κ3) is 5.44. The first-order valence-corrected chi connectivity index (χ1v) is 12.4. The minimum absolute atomic E-state index is 0.153. The number of carbonyl (C=O) groups is 1. The number of amides is 1. The number of rotatable bonds is 6. The maximum Gasteiger partial charge on any atom is 0.270 e. The molecule has 0 saturated carbocycles. The van der Waals surface area contributed by atoms with Crippen molar-refractivity contribution in [3.05, 3.63) is 92.3 Å². The second-order valence-corrected chi connectivity index (χ2v) is 10.5. The van der Waals surface area contributed by atoms with E-state index in [1.165, 1.54) is 11.8 Å². The zero-order valence-corrected chi connectivity index (χ0v) is 21.9. The minimum Gasteiger partial charge on any atom is -0.488 e. The number of ether oxygens (including phenoxy) is 1. The summed E-state index contributed by atoms with van der Waals surface area (Å²) in [5, 5.41) is 0.650. The monoisotopic (exact) mass is 558 g/mol. The van der Waals surface area contributed by atoms with Gasteiger partial charge >= 0.3 is 0 Å². The van der Waals surface area contributed by atoms with Gasteiger partial charge < -0.3 is 9.64 Å². The standard InChI is InChI=1S/C25H20BrClN2O2S2/c1-28(2)19-8-10-20(11-9-19)29-24(30)23(33-25(29)32)14-17-13-18(26)7-12-22(17)31-15-16-5-3-4-6-21(16)27/h3-14H,15H2,1-2H3/b23-14+. The molecular weight excluding hydrogens is 540 g/mol. The zero-order valence-electron chi connectivity index (χ0n) is 17.9. The summed E-state index contributed by atoms with van der Waals surface area (Å²) in [5.41, 5.74) is 3.46. The van der Waals surface area contributed by atoms with Crippen LogP contribution in [0.1, 0.15) is 11.1 Å². The van der Waals surface area contributed by atoms with Crippen molar-refractivity contribution < 1.29 is 9.53 Å². The molecule has 4 nitrogen and oxygen atoms in total. The molecule has 4 rings (SSSR count). The van der Waals surface area contributed by atoms with Gasteiger partial charge in [-0.1, -0.05) is 69.7 Å². The van der Waals surface area contributed by atoms with Gasteiger partial charge in [0.25, 0.3) is 5.91 Å². The highest BCUT2D eigenvalue weighted by Gasteiger charge is 2.33. The molecular formula is C25H20BrClN2O2S2. The Morgan fingerprint density at radius 2 is 1.85 bits per heavy atom. The fourth-order valence-corrected chi connectivity index (χ4v) is 5.12. The highest BCUT2D eigenvalue weighted by atomic mass is 79.9. The van der Waals surface area contributed by atoms with Gasteiger partial charge in [-0.15, -0.1) is 0 Å². The van der Waals surface area contributed by atoms with Gasteiger partial charge in [0.2, 0.25) is 0 Å². The Labute approximate surface area is 216 Å². The Hall–Kier alpha value is -2.32. The molecule has 0 bridgehead atoms. The molecule has 0 radical (unpaired) electrons. The molecule has 0 spiro atoms. The van der Waals surface area contributed by atoms with Crippen molar-refractivity contribution in [3.63, 3.8) is 0 Å². The van der Waals surface area contributed by atoms with Crippen LogP contribution in [0.2, 0.25) is 5.02 Å². The average molecular weight is 560 g/mol. The van der Waals surface area contributed by atoms with Crippen LogP contribution in [0.4, 0.5) is 11.4 Å². The van der Waals surface area contributed by atoms with Crippen molar-refractivity contribution in [2.45, 2.75) is 6.61 Å². The van der Waals surface area contributed by atoms with E-state index < -0.39 is 0 Å². The van der Waals surface area contributed by atoms with Crippen molar-refractivity contribution >= 4 is 79.2 Å². The largest absolute Gasteiger partial charge is 0.488 e. The van der Waals surface area contributed by atoms with E-state index in [-0.39, 0.29) is 5.91 Å². The van der Waals surface area contributed by atoms with E-state index in [0.29, 0.717) is 26.6 Å². The summed E-state index contributed by atoms with van der Waals surface area (Å²) < 4.78 is 7.44. The van der Waals surface area contributed by atoms with Crippen LogP contribution < -0.4 is 14.5 Å². The summed E-state index contributed by atoms with van der Waals surface area (Å²) in [7, 11) is 3.95. The van der Waals surface area contributed by atoms with Crippen LogP contribution in [-0.2, 0) is 11.4 Å². The predicted molar refractivity (Wildman–Crippen MR) is 146 cm³/mol. The number of nitrogens with zero attached hydrogens (tertiary/aromatic N) is 2. The molecule has 1 amide bonds. The molecule has 3 aromatic carbocycles. The van der Waals surface area contributed by atoms with Crippen molar-refractivity contribution in [3.8, 4) is 5.75 Å². The van der Waals surface area contributed by atoms with Crippen LogP contribution in [-0.4, -0.2) is 24.3 Å². The number of hydrogen-bond donors (Lipinski definition) is 0. The quantitative estimate of drug-likeness (QED) is 0.236. The highest BCUT2D eigenvalue weighted by molar-refractivity contribution is 9.10. The predicted octanol–water partition coefficient (Wildman–Crippen LogP) is 7.15. The van der Waals surface area contributed by atoms with Gasteiger partial charge in [-0.3, -0.25) is 9.69 Å². The Bertz CT molecular complexity index is 1250. The number of carbonyl (C=O) groups excluding carboxylic acids is 1. The molecule has 1 aliphatic heterocycles. The minimum atomic E-state index is -0.153. The summed E-state index contributed by atoms with van der Waals surface area (Å²) >= 11 is 16.6. The van der Waals surface area contributed by atoms with Crippen LogP contribution in [0.3, 0.4) is 0 Å². The van der Waals surface area contributed by atoms with Gasteiger partial charge in [-0.05, 0) is 54.6 Å². The molecule has 0 atom stereocenters. The molecule has 1 saturated heterocycles. The van der Waals surface area contributed by atoms with E-state index in [2.05, 4.69) is 15.9 Å². The summed E-state index contributed by atoms with van der Waals surface area (Å²) in [6, 6.07) is 21.0. The van der Waals surface area contributed by atoms with Gasteiger partial charge in [0, 0.05) is 40.4 Å². The second kappa shape index (κ2) is 10.3. The first-order chi connectivity index (χ1) is 15.8. The lowest BCUT2D eigenvalue weighted by atomic mass is 10.1. The number of thioether (sulfide) groups is 1. The molecule has 33 heavy (non-hydrogen) atoms. The molecule has 1 aliphatic rings. The average Bonchev–Trinajstić information content (AvgIpc) is 3.07. The normalized spacial score (nSPS) is 14.8. The highest BCUT2D eigenvalue weighted by Crippen LogP contribution is 2.38.